The van der Waals surface area contributed by atoms with Crippen LogP contribution >= 0.6 is 15.9 Å². The molecule has 1 amide bonds. The number of H-pyrrole nitrogens is 1. The number of hydrogen-bond donors (Lipinski definition) is 3. The highest BCUT2D eigenvalue weighted by Crippen LogP contribution is 2.25. The molecule has 1 aromatic carbocycles. The van der Waals surface area contributed by atoms with E-state index in [0.717, 1.165) is 26.5 Å². The van der Waals surface area contributed by atoms with Crippen LogP contribution in [0.2, 0.25) is 0 Å². The van der Waals surface area contributed by atoms with Gasteiger partial charge in [-0.25, -0.2) is 4.98 Å². The number of amides is 1. The van der Waals surface area contributed by atoms with Crippen LogP contribution in [0, 0.1) is 0 Å². The van der Waals surface area contributed by atoms with E-state index in [1.807, 2.05) is 59.1 Å². The number of aromatic nitrogens is 4. The number of aromatic amines is 1. The normalized spacial score (nSPS) is 11.2. The third-order valence-electron chi connectivity index (χ3n) is 5.02. The predicted octanol–water partition coefficient (Wildman–Crippen LogP) is 4.26. The molecule has 0 aliphatic rings. The molecule has 0 fully saturated rings. The van der Waals surface area contributed by atoms with Crippen LogP contribution in [0.5, 0.6) is 5.75 Å². The Balaban J connectivity index is 1.38. The lowest BCUT2D eigenvalue weighted by atomic mass is 10.1. The first-order valence-corrected chi connectivity index (χ1v) is 10.7. The number of aliphatic hydroxyl groups is 1. The molecular weight excluding hydrogens is 474 g/mol. The van der Waals surface area contributed by atoms with E-state index in [9.17, 15) is 4.79 Å². The van der Waals surface area contributed by atoms with E-state index in [2.05, 4.69) is 36.4 Å². The van der Waals surface area contributed by atoms with Crippen LogP contribution < -0.4 is 10.1 Å². The maximum absolute atomic E-state index is 12.9. The average molecular weight is 492 g/mol. The Labute approximate surface area is 191 Å². The minimum atomic E-state index is -0.244. The molecule has 0 saturated heterocycles. The number of carbonyl (C=O) groups is 1. The molecule has 4 aromatic heterocycles. The van der Waals surface area contributed by atoms with Crippen molar-refractivity contribution in [2.24, 2.45) is 0 Å². The van der Waals surface area contributed by atoms with E-state index in [-0.39, 0.29) is 19.1 Å². The number of nitrogens with zero attached hydrogens (tertiary/aromatic N) is 3. The Hall–Kier alpha value is -3.69. The molecule has 0 aliphatic carbocycles. The Morgan fingerprint density at radius 3 is 2.75 bits per heavy atom. The van der Waals surface area contributed by atoms with Gasteiger partial charge in [0.2, 0.25) is 0 Å². The smallest absolute Gasteiger partial charge is 0.258 e. The lowest BCUT2D eigenvalue weighted by Gasteiger charge is -2.06. The second kappa shape index (κ2) is 8.45. The number of benzene rings is 1. The standard InChI is InChI=1S/C23H18BrN5O3/c24-17-10-20-21(25-11-17)27-28-22(20)26-23(31)16-9-18-4-1-15(12-29(18)13-16)14-2-5-19(6-3-14)32-8-7-30/h1-6,9-13,30H,7-8H2,(H2,25,26,27,28,31). The Kier molecular flexibility index (Phi) is 5.34. The second-order valence-electron chi connectivity index (χ2n) is 7.15. The zero-order valence-corrected chi connectivity index (χ0v) is 18.3. The summed E-state index contributed by atoms with van der Waals surface area (Å²) in [6.45, 7) is 0.245. The molecule has 5 aromatic rings. The molecule has 0 saturated carbocycles. The number of hydrogen-bond acceptors (Lipinski definition) is 5. The molecule has 5 rings (SSSR count). The van der Waals surface area contributed by atoms with Crippen molar-refractivity contribution in [2.75, 3.05) is 18.5 Å². The van der Waals surface area contributed by atoms with Crippen LogP contribution in [0.1, 0.15) is 10.4 Å². The predicted molar refractivity (Wildman–Crippen MR) is 125 cm³/mol. The zero-order valence-electron chi connectivity index (χ0n) is 16.7. The maximum Gasteiger partial charge on any atom is 0.258 e. The number of nitrogens with one attached hydrogen (secondary N) is 2. The van der Waals surface area contributed by atoms with E-state index >= 15 is 0 Å². The molecule has 0 bridgehead atoms. The number of carbonyl (C=O) groups excluding carboxylic acids is 1. The fourth-order valence-electron chi connectivity index (χ4n) is 3.47. The van der Waals surface area contributed by atoms with Gasteiger partial charge in [0, 0.05) is 28.6 Å². The first-order valence-electron chi connectivity index (χ1n) is 9.87. The molecule has 8 nitrogen and oxygen atoms in total. The van der Waals surface area contributed by atoms with Crippen LogP contribution in [-0.4, -0.2) is 43.8 Å². The van der Waals surface area contributed by atoms with Gasteiger partial charge in [0.1, 0.15) is 18.2 Å². The Morgan fingerprint density at radius 2 is 1.94 bits per heavy atom. The van der Waals surface area contributed by atoms with Gasteiger partial charge in [0.25, 0.3) is 5.91 Å². The van der Waals surface area contributed by atoms with Crippen LogP contribution in [0.3, 0.4) is 0 Å². The van der Waals surface area contributed by atoms with Crippen LogP contribution in [-0.2, 0) is 0 Å². The summed E-state index contributed by atoms with van der Waals surface area (Å²) in [5.74, 6) is 0.960. The van der Waals surface area contributed by atoms with Crippen LogP contribution in [0.15, 0.2) is 71.6 Å². The topological polar surface area (TPSA) is 105 Å². The summed E-state index contributed by atoms with van der Waals surface area (Å²) in [6.07, 6.45) is 5.42. The van der Waals surface area contributed by atoms with Gasteiger partial charge in [0.15, 0.2) is 5.65 Å². The van der Waals surface area contributed by atoms with Gasteiger partial charge >= 0.3 is 0 Å². The third kappa shape index (κ3) is 3.95. The molecule has 160 valence electrons. The summed E-state index contributed by atoms with van der Waals surface area (Å²) >= 11 is 3.39. The number of anilines is 1. The first kappa shape index (κ1) is 20.2. The number of halogens is 1. The second-order valence-corrected chi connectivity index (χ2v) is 8.07. The van der Waals surface area contributed by atoms with E-state index in [1.165, 1.54) is 0 Å². The van der Waals surface area contributed by atoms with Gasteiger partial charge in [-0.05, 0) is 57.4 Å². The van der Waals surface area contributed by atoms with E-state index in [0.29, 0.717) is 22.8 Å². The average Bonchev–Trinajstić information content (AvgIpc) is 3.41. The zero-order chi connectivity index (χ0) is 22.1. The molecular formula is C23H18BrN5O3. The minimum absolute atomic E-state index is 0.0208. The molecule has 4 heterocycles. The number of ether oxygens (including phenoxy) is 1. The third-order valence-corrected chi connectivity index (χ3v) is 5.45. The van der Waals surface area contributed by atoms with Crippen molar-refractivity contribution in [3.05, 3.63) is 77.2 Å². The monoisotopic (exact) mass is 491 g/mol. The lowest BCUT2D eigenvalue weighted by molar-refractivity contribution is 0.102. The highest BCUT2D eigenvalue weighted by atomic mass is 79.9. The van der Waals surface area contributed by atoms with Crippen LogP contribution in [0.4, 0.5) is 5.82 Å². The number of fused-ring (bicyclic) bond motifs is 2. The molecule has 9 heteroatoms. The van der Waals surface area contributed by atoms with E-state index in [1.54, 1.807) is 12.4 Å². The number of pyridine rings is 2. The molecule has 0 spiro atoms. The van der Waals surface area contributed by atoms with Crippen molar-refractivity contribution in [3.63, 3.8) is 0 Å². The van der Waals surface area contributed by atoms with Gasteiger partial charge in [-0.1, -0.05) is 18.2 Å². The van der Waals surface area contributed by atoms with Gasteiger partial charge in [0.05, 0.1) is 17.6 Å². The number of aliphatic hydroxyl groups excluding tert-OH is 1. The molecule has 3 N–H and O–H groups in total. The summed E-state index contributed by atoms with van der Waals surface area (Å²) in [4.78, 5) is 17.1. The molecule has 0 unspecified atom stereocenters. The SMILES string of the molecule is O=C(Nc1[nH]nc2ncc(Br)cc12)c1cc2ccc(-c3ccc(OCCO)cc3)cn2c1. The Bertz CT molecular complexity index is 1430. The maximum atomic E-state index is 12.9. The van der Waals surface area contributed by atoms with Gasteiger partial charge in [-0.3, -0.25) is 9.89 Å². The van der Waals surface area contributed by atoms with Gasteiger partial charge in [-0.2, -0.15) is 5.10 Å². The quantitative estimate of drug-likeness (QED) is 0.329. The summed E-state index contributed by atoms with van der Waals surface area (Å²) in [6, 6.07) is 15.3. The summed E-state index contributed by atoms with van der Waals surface area (Å²) in [5.41, 5.74) is 3.98. The number of rotatable bonds is 6. The van der Waals surface area contributed by atoms with E-state index in [4.69, 9.17) is 9.84 Å². The van der Waals surface area contributed by atoms with Crippen molar-refractivity contribution in [3.8, 4) is 16.9 Å². The highest BCUT2D eigenvalue weighted by Gasteiger charge is 2.14. The molecule has 32 heavy (non-hydrogen) atoms. The Morgan fingerprint density at radius 1 is 1.12 bits per heavy atom. The summed E-state index contributed by atoms with van der Waals surface area (Å²) in [5, 5.41) is 19.4. The fourth-order valence-corrected chi connectivity index (χ4v) is 3.80. The van der Waals surface area contributed by atoms with Crippen molar-refractivity contribution in [1.82, 2.24) is 19.6 Å². The molecule has 0 aliphatic heterocycles. The summed E-state index contributed by atoms with van der Waals surface area (Å²) < 4.78 is 8.13. The van der Waals surface area contributed by atoms with Crippen LogP contribution in [0.25, 0.3) is 27.7 Å². The van der Waals surface area contributed by atoms with Crippen molar-refractivity contribution in [1.29, 1.82) is 0 Å². The van der Waals surface area contributed by atoms with Gasteiger partial charge < -0.3 is 19.6 Å². The molecule has 0 radical (unpaired) electrons. The van der Waals surface area contributed by atoms with E-state index < -0.39 is 0 Å². The minimum Gasteiger partial charge on any atom is -0.491 e. The van der Waals surface area contributed by atoms with Crippen molar-refractivity contribution in [2.45, 2.75) is 0 Å². The molecule has 0 atom stereocenters. The first-order chi connectivity index (χ1) is 15.6. The fraction of sp³-hybridized carbons (Fsp3) is 0.0870. The van der Waals surface area contributed by atoms with Gasteiger partial charge in [-0.15, -0.1) is 0 Å². The van der Waals surface area contributed by atoms with Crippen molar-refractivity contribution >= 4 is 44.2 Å². The highest BCUT2D eigenvalue weighted by molar-refractivity contribution is 9.10. The summed E-state index contributed by atoms with van der Waals surface area (Å²) in [7, 11) is 0. The largest absolute Gasteiger partial charge is 0.491 e. The van der Waals surface area contributed by atoms with Crippen molar-refractivity contribution < 1.29 is 14.6 Å². The lowest BCUT2D eigenvalue weighted by Crippen LogP contribution is -2.11.